The van der Waals surface area contributed by atoms with Crippen LogP contribution < -0.4 is 0 Å². The first kappa shape index (κ1) is 20.6. The van der Waals surface area contributed by atoms with E-state index in [2.05, 4.69) is 20.2 Å². The first-order valence-corrected chi connectivity index (χ1v) is 9.34. The van der Waals surface area contributed by atoms with Gasteiger partial charge in [0.15, 0.2) is 16.1 Å². The summed E-state index contributed by atoms with van der Waals surface area (Å²) >= 11 is 7.18. The van der Waals surface area contributed by atoms with Crippen molar-refractivity contribution in [2.45, 2.75) is 29.5 Å². The second-order valence-electron chi connectivity index (χ2n) is 5.61. The summed E-state index contributed by atoms with van der Waals surface area (Å²) in [5.74, 6) is 0.510. The molecule has 0 N–H and O–H groups in total. The molecule has 0 fully saturated rings. The van der Waals surface area contributed by atoms with Gasteiger partial charge in [-0.25, -0.2) is 9.97 Å². The van der Waals surface area contributed by atoms with E-state index >= 15 is 0 Å². The highest BCUT2D eigenvalue weighted by molar-refractivity contribution is 7.99. The summed E-state index contributed by atoms with van der Waals surface area (Å²) in [4.78, 5) is 7.48. The molecule has 2 heterocycles. The Kier molecular flexibility index (Phi) is 6.53. The van der Waals surface area contributed by atoms with Crippen molar-refractivity contribution in [1.29, 1.82) is 0 Å². The van der Waals surface area contributed by atoms with Crippen molar-refractivity contribution in [3.05, 3.63) is 47.2 Å². The van der Waals surface area contributed by atoms with Crippen molar-refractivity contribution in [3.8, 4) is 11.4 Å². The van der Waals surface area contributed by atoms with Gasteiger partial charge in [-0.3, -0.25) is 0 Å². The van der Waals surface area contributed by atoms with Gasteiger partial charge in [-0.2, -0.15) is 13.2 Å². The van der Waals surface area contributed by atoms with Crippen molar-refractivity contribution in [2.75, 3.05) is 13.7 Å². The number of benzene rings is 1. The van der Waals surface area contributed by atoms with Crippen LogP contribution in [0, 0.1) is 0 Å². The standard InChI is InChI=1S/C17H15ClF3N5OS/c1-27-10-4-9-26-14(11-5-2-3-6-12(11)18)24-25-16(26)28-15-22-8-7-13(23-15)17(19,20)21/h2-3,5-8H,4,9-10H2,1H3. The molecule has 2 aromatic heterocycles. The zero-order valence-corrected chi connectivity index (χ0v) is 16.2. The van der Waals surface area contributed by atoms with Crippen molar-refractivity contribution in [3.63, 3.8) is 0 Å². The van der Waals surface area contributed by atoms with Crippen molar-refractivity contribution < 1.29 is 17.9 Å². The average molecular weight is 430 g/mol. The second kappa shape index (κ2) is 8.89. The zero-order chi connectivity index (χ0) is 20.1. The van der Waals surface area contributed by atoms with Gasteiger partial charge in [0.25, 0.3) is 0 Å². The fraction of sp³-hybridized carbons (Fsp3) is 0.294. The van der Waals surface area contributed by atoms with Crippen LogP contribution in [-0.2, 0) is 17.5 Å². The maximum atomic E-state index is 12.9. The van der Waals surface area contributed by atoms with E-state index in [0.29, 0.717) is 41.1 Å². The molecule has 0 radical (unpaired) electrons. The van der Waals surface area contributed by atoms with Gasteiger partial charge < -0.3 is 9.30 Å². The fourth-order valence-corrected chi connectivity index (χ4v) is 3.41. The largest absolute Gasteiger partial charge is 0.433 e. The van der Waals surface area contributed by atoms with E-state index in [1.54, 1.807) is 29.9 Å². The van der Waals surface area contributed by atoms with E-state index in [4.69, 9.17) is 16.3 Å². The molecule has 0 saturated carbocycles. The summed E-state index contributed by atoms with van der Waals surface area (Å²) in [6.45, 7) is 0.993. The molecule has 0 unspecified atom stereocenters. The van der Waals surface area contributed by atoms with Crippen LogP contribution in [0.1, 0.15) is 12.1 Å². The fourth-order valence-electron chi connectivity index (χ4n) is 2.40. The molecule has 148 valence electrons. The number of rotatable bonds is 7. The predicted octanol–water partition coefficient (Wildman–Crippen LogP) is 4.60. The molecule has 0 aliphatic carbocycles. The summed E-state index contributed by atoms with van der Waals surface area (Å²) in [5.41, 5.74) is -0.340. The van der Waals surface area contributed by atoms with Crippen LogP contribution >= 0.6 is 23.4 Å². The van der Waals surface area contributed by atoms with Crippen LogP contribution in [0.4, 0.5) is 13.2 Å². The quantitative estimate of drug-likeness (QED) is 0.404. The molecular weight excluding hydrogens is 415 g/mol. The second-order valence-corrected chi connectivity index (χ2v) is 6.95. The Bertz CT molecular complexity index is 951. The minimum Gasteiger partial charge on any atom is -0.385 e. The molecule has 3 aromatic rings. The van der Waals surface area contributed by atoms with Crippen molar-refractivity contribution in [2.24, 2.45) is 0 Å². The Labute approximate surface area is 168 Å². The Morgan fingerprint density at radius 1 is 1.18 bits per heavy atom. The third-order valence-electron chi connectivity index (χ3n) is 3.67. The van der Waals surface area contributed by atoms with Crippen LogP contribution in [0.5, 0.6) is 0 Å². The molecule has 11 heteroatoms. The molecular formula is C17H15ClF3N5OS. The first-order chi connectivity index (χ1) is 13.4. The molecule has 3 rings (SSSR count). The van der Waals surface area contributed by atoms with Gasteiger partial charge in [0.1, 0.15) is 5.69 Å². The lowest BCUT2D eigenvalue weighted by atomic mass is 10.2. The smallest absolute Gasteiger partial charge is 0.385 e. The number of hydrogen-bond acceptors (Lipinski definition) is 6. The third kappa shape index (κ3) is 4.81. The zero-order valence-electron chi connectivity index (χ0n) is 14.6. The maximum Gasteiger partial charge on any atom is 0.433 e. The number of methoxy groups -OCH3 is 1. The highest BCUT2D eigenvalue weighted by Gasteiger charge is 2.33. The van der Waals surface area contributed by atoms with Gasteiger partial charge in [-0.15, -0.1) is 10.2 Å². The van der Waals surface area contributed by atoms with Crippen LogP contribution in [0.3, 0.4) is 0 Å². The van der Waals surface area contributed by atoms with Gasteiger partial charge in [0.05, 0.1) is 5.02 Å². The first-order valence-electron chi connectivity index (χ1n) is 8.15. The SMILES string of the molecule is COCCCn1c(Sc2nccc(C(F)(F)F)n2)nnc1-c1ccccc1Cl. The molecule has 0 aliphatic heterocycles. The molecule has 6 nitrogen and oxygen atoms in total. The molecule has 0 spiro atoms. The minimum absolute atomic E-state index is 0.0686. The lowest BCUT2D eigenvalue weighted by molar-refractivity contribution is -0.141. The highest BCUT2D eigenvalue weighted by Crippen LogP contribution is 2.33. The number of hydrogen-bond donors (Lipinski definition) is 0. The summed E-state index contributed by atoms with van der Waals surface area (Å²) in [7, 11) is 1.59. The van der Waals surface area contributed by atoms with Crippen LogP contribution in [0.25, 0.3) is 11.4 Å². The Morgan fingerprint density at radius 3 is 2.68 bits per heavy atom. The summed E-state index contributed by atoms with van der Waals surface area (Å²) < 4.78 is 45.6. The average Bonchev–Trinajstić information content (AvgIpc) is 3.04. The number of alkyl halides is 3. The van der Waals surface area contributed by atoms with Crippen LogP contribution in [0.15, 0.2) is 46.8 Å². The molecule has 0 saturated heterocycles. The lowest BCUT2D eigenvalue weighted by Gasteiger charge is -2.11. The molecule has 1 aromatic carbocycles. The monoisotopic (exact) mass is 429 g/mol. The summed E-state index contributed by atoms with van der Waals surface area (Å²) in [6, 6.07) is 7.96. The van der Waals surface area contributed by atoms with Gasteiger partial charge in [-0.1, -0.05) is 23.7 Å². The Morgan fingerprint density at radius 2 is 1.96 bits per heavy atom. The maximum absolute atomic E-state index is 12.9. The van der Waals surface area contributed by atoms with E-state index in [1.165, 1.54) is 0 Å². The van der Waals surface area contributed by atoms with E-state index < -0.39 is 11.9 Å². The van der Waals surface area contributed by atoms with Gasteiger partial charge in [0, 0.05) is 32.0 Å². The number of nitrogens with zero attached hydrogens (tertiary/aromatic N) is 5. The number of halogens is 4. The molecule has 28 heavy (non-hydrogen) atoms. The van der Waals surface area contributed by atoms with E-state index in [0.717, 1.165) is 24.0 Å². The minimum atomic E-state index is -4.55. The molecule has 0 aliphatic rings. The highest BCUT2D eigenvalue weighted by atomic mass is 35.5. The van der Waals surface area contributed by atoms with E-state index in [1.807, 2.05) is 6.07 Å². The van der Waals surface area contributed by atoms with Gasteiger partial charge in [0.2, 0.25) is 0 Å². The Hall–Kier alpha value is -2.17. The van der Waals surface area contributed by atoms with E-state index in [9.17, 15) is 13.2 Å². The summed E-state index contributed by atoms with van der Waals surface area (Å²) in [5, 5.41) is 9.09. The molecule has 0 atom stereocenters. The topological polar surface area (TPSA) is 65.7 Å². The third-order valence-corrected chi connectivity index (χ3v) is 4.86. The predicted molar refractivity (Wildman–Crippen MR) is 98.1 cm³/mol. The van der Waals surface area contributed by atoms with Crippen LogP contribution in [-0.4, -0.2) is 38.4 Å². The van der Waals surface area contributed by atoms with Crippen molar-refractivity contribution >= 4 is 23.4 Å². The molecule has 0 amide bonds. The summed E-state index contributed by atoms with van der Waals surface area (Å²) in [6.07, 6.45) is -2.82. The Balaban J connectivity index is 1.96. The van der Waals surface area contributed by atoms with E-state index in [-0.39, 0.29) is 5.16 Å². The lowest BCUT2D eigenvalue weighted by Crippen LogP contribution is -2.09. The normalized spacial score (nSPS) is 11.8. The van der Waals surface area contributed by atoms with Crippen molar-refractivity contribution in [1.82, 2.24) is 24.7 Å². The van der Waals surface area contributed by atoms with Gasteiger partial charge >= 0.3 is 6.18 Å². The van der Waals surface area contributed by atoms with Gasteiger partial charge in [-0.05, 0) is 36.4 Å². The number of ether oxygens (including phenoxy) is 1. The van der Waals surface area contributed by atoms with Crippen LogP contribution in [0.2, 0.25) is 5.02 Å². The number of aromatic nitrogens is 5. The molecule has 0 bridgehead atoms.